The van der Waals surface area contributed by atoms with Gasteiger partial charge in [-0.1, -0.05) is 0 Å². The zero-order valence-corrected chi connectivity index (χ0v) is 6.57. The Balaban J connectivity index is 2.71. The van der Waals surface area contributed by atoms with Crippen molar-refractivity contribution >= 4 is 0 Å². The zero-order valence-electron chi connectivity index (χ0n) is 6.57. The van der Waals surface area contributed by atoms with Crippen LogP contribution >= 0.6 is 0 Å². The molecule has 0 aliphatic carbocycles. The molecule has 1 rings (SSSR count). The number of aryl methyl sites for hydroxylation is 1. The fourth-order valence-corrected chi connectivity index (χ4v) is 0.852. The van der Waals surface area contributed by atoms with Crippen LogP contribution in [0.5, 0.6) is 0 Å². The summed E-state index contributed by atoms with van der Waals surface area (Å²) in [7, 11) is 0. The molecule has 1 aromatic rings. The van der Waals surface area contributed by atoms with Gasteiger partial charge < -0.3 is 10.8 Å². The van der Waals surface area contributed by atoms with Crippen molar-refractivity contribution in [3.8, 4) is 0 Å². The van der Waals surface area contributed by atoms with E-state index in [-0.39, 0.29) is 6.54 Å². The van der Waals surface area contributed by atoms with E-state index < -0.39 is 6.10 Å². The average molecular weight is 155 g/mol. The van der Waals surface area contributed by atoms with Crippen LogP contribution < -0.4 is 5.73 Å². The lowest BCUT2D eigenvalue weighted by Crippen LogP contribution is -2.12. The summed E-state index contributed by atoms with van der Waals surface area (Å²) in [5.41, 5.74) is 5.90. The first kappa shape index (κ1) is 8.23. The van der Waals surface area contributed by atoms with Crippen LogP contribution in [-0.2, 0) is 6.54 Å². The maximum Gasteiger partial charge on any atom is 0.110 e. The van der Waals surface area contributed by atoms with Crippen LogP contribution in [0.25, 0.3) is 0 Å². The van der Waals surface area contributed by atoms with E-state index in [1.165, 1.54) is 0 Å². The highest BCUT2D eigenvalue weighted by Gasteiger charge is 2.07. The normalized spacial score (nSPS) is 13.4. The lowest BCUT2D eigenvalue weighted by Gasteiger charge is -2.01. The number of aliphatic hydroxyl groups is 1. The average Bonchev–Trinajstić information content (AvgIpc) is 2.50. The Morgan fingerprint density at radius 1 is 1.82 bits per heavy atom. The van der Waals surface area contributed by atoms with Gasteiger partial charge in [0, 0.05) is 19.3 Å². The van der Waals surface area contributed by atoms with Gasteiger partial charge in [0.1, 0.15) is 6.10 Å². The number of aromatic nitrogens is 2. The molecule has 0 amide bonds. The van der Waals surface area contributed by atoms with Gasteiger partial charge in [0.15, 0.2) is 0 Å². The molecule has 0 aliphatic heterocycles. The SMILES string of the molecule is CCn1ccc([C@@H](O)CN)n1. The van der Waals surface area contributed by atoms with E-state index in [4.69, 9.17) is 5.73 Å². The third kappa shape index (κ3) is 1.78. The number of nitrogens with zero attached hydrogens (tertiary/aromatic N) is 2. The first-order chi connectivity index (χ1) is 5.27. The Morgan fingerprint density at radius 3 is 3.00 bits per heavy atom. The quantitative estimate of drug-likeness (QED) is 0.640. The van der Waals surface area contributed by atoms with Crippen LogP contribution in [0.15, 0.2) is 12.3 Å². The summed E-state index contributed by atoms with van der Waals surface area (Å²) in [6.07, 6.45) is 1.21. The zero-order chi connectivity index (χ0) is 8.27. The van der Waals surface area contributed by atoms with Gasteiger partial charge in [-0.05, 0) is 13.0 Å². The minimum Gasteiger partial charge on any atom is -0.385 e. The summed E-state index contributed by atoms with van der Waals surface area (Å²) in [5.74, 6) is 0. The Kier molecular flexibility index (Phi) is 2.62. The number of aliphatic hydroxyl groups excluding tert-OH is 1. The Hall–Kier alpha value is -0.870. The first-order valence-electron chi connectivity index (χ1n) is 3.69. The minimum absolute atomic E-state index is 0.223. The third-order valence-corrected chi connectivity index (χ3v) is 1.55. The molecule has 0 spiro atoms. The molecule has 0 bridgehead atoms. The highest BCUT2D eigenvalue weighted by Crippen LogP contribution is 2.06. The van der Waals surface area contributed by atoms with Gasteiger partial charge in [0.2, 0.25) is 0 Å². The molecular formula is C7H13N3O. The molecule has 3 N–H and O–H groups in total. The predicted molar refractivity (Wildman–Crippen MR) is 41.9 cm³/mol. The van der Waals surface area contributed by atoms with E-state index in [0.29, 0.717) is 5.69 Å². The van der Waals surface area contributed by atoms with Crippen molar-refractivity contribution in [3.05, 3.63) is 18.0 Å². The van der Waals surface area contributed by atoms with Gasteiger partial charge in [0.25, 0.3) is 0 Å². The largest absolute Gasteiger partial charge is 0.385 e. The van der Waals surface area contributed by atoms with Crippen LogP contribution in [0.3, 0.4) is 0 Å². The number of hydrogen-bond acceptors (Lipinski definition) is 3. The van der Waals surface area contributed by atoms with Crippen molar-refractivity contribution in [1.29, 1.82) is 0 Å². The minimum atomic E-state index is -0.622. The molecule has 4 nitrogen and oxygen atoms in total. The molecule has 1 aromatic heterocycles. The molecule has 0 saturated heterocycles. The highest BCUT2D eigenvalue weighted by molar-refractivity contribution is 5.02. The van der Waals surface area contributed by atoms with E-state index in [0.717, 1.165) is 6.54 Å². The van der Waals surface area contributed by atoms with Crippen LogP contribution in [0.1, 0.15) is 18.7 Å². The lowest BCUT2D eigenvalue weighted by atomic mass is 10.3. The van der Waals surface area contributed by atoms with Gasteiger partial charge in [-0.25, -0.2) is 0 Å². The summed E-state index contributed by atoms with van der Waals surface area (Å²) >= 11 is 0. The molecule has 0 unspecified atom stereocenters. The second kappa shape index (κ2) is 3.50. The van der Waals surface area contributed by atoms with Crippen molar-refractivity contribution in [2.24, 2.45) is 5.73 Å². The van der Waals surface area contributed by atoms with Gasteiger partial charge in [-0.2, -0.15) is 5.10 Å². The molecule has 4 heteroatoms. The monoisotopic (exact) mass is 155 g/mol. The van der Waals surface area contributed by atoms with E-state index in [1.54, 1.807) is 10.7 Å². The van der Waals surface area contributed by atoms with Crippen molar-refractivity contribution in [2.45, 2.75) is 19.6 Å². The second-order valence-corrected chi connectivity index (χ2v) is 2.35. The fraction of sp³-hybridized carbons (Fsp3) is 0.571. The lowest BCUT2D eigenvalue weighted by molar-refractivity contribution is 0.181. The van der Waals surface area contributed by atoms with Gasteiger partial charge in [-0.15, -0.1) is 0 Å². The highest BCUT2D eigenvalue weighted by atomic mass is 16.3. The number of hydrogen-bond donors (Lipinski definition) is 2. The van der Waals surface area contributed by atoms with Gasteiger partial charge in [0.05, 0.1) is 5.69 Å². The standard InChI is InChI=1S/C7H13N3O/c1-2-10-4-3-6(9-10)7(11)5-8/h3-4,7,11H,2,5,8H2,1H3/t7-/m0/s1. The van der Waals surface area contributed by atoms with Gasteiger partial charge in [-0.3, -0.25) is 4.68 Å². The predicted octanol–water partition coefficient (Wildman–Crippen LogP) is -0.105. The maximum atomic E-state index is 9.24. The molecule has 11 heavy (non-hydrogen) atoms. The second-order valence-electron chi connectivity index (χ2n) is 2.35. The van der Waals surface area contributed by atoms with Crippen LogP contribution in [-0.4, -0.2) is 21.4 Å². The molecule has 62 valence electrons. The van der Waals surface area contributed by atoms with E-state index in [2.05, 4.69) is 5.10 Å². The van der Waals surface area contributed by atoms with Crippen molar-refractivity contribution in [3.63, 3.8) is 0 Å². The summed E-state index contributed by atoms with van der Waals surface area (Å²) in [6, 6.07) is 1.78. The Morgan fingerprint density at radius 2 is 2.55 bits per heavy atom. The molecule has 0 saturated carbocycles. The Labute approximate surface area is 65.6 Å². The molecule has 0 fully saturated rings. The van der Waals surface area contributed by atoms with Crippen molar-refractivity contribution in [1.82, 2.24) is 9.78 Å². The molecule has 0 aromatic carbocycles. The number of nitrogens with two attached hydrogens (primary N) is 1. The smallest absolute Gasteiger partial charge is 0.110 e. The third-order valence-electron chi connectivity index (χ3n) is 1.55. The maximum absolute atomic E-state index is 9.24. The van der Waals surface area contributed by atoms with E-state index in [1.807, 2.05) is 13.1 Å². The summed E-state index contributed by atoms with van der Waals surface area (Å²) in [5, 5.41) is 13.3. The topological polar surface area (TPSA) is 64.1 Å². The van der Waals surface area contributed by atoms with Crippen molar-refractivity contribution < 1.29 is 5.11 Å². The van der Waals surface area contributed by atoms with E-state index in [9.17, 15) is 5.11 Å². The Bertz CT molecular complexity index is 221. The molecule has 1 heterocycles. The van der Waals surface area contributed by atoms with E-state index >= 15 is 0 Å². The first-order valence-corrected chi connectivity index (χ1v) is 3.69. The molecule has 0 radical (unpaired) electrons. The molecule has 1 atom stereocenters. The van der Waals surface area contributed by atoms with Crippen LogP contribution in [0.2, 0.25) is 0 Å². The van der Waals surface area contributed by atoms with Crippen LogP contribution in [0, 0.1) is 0 Å². The summed E-state index contributed by atoms with van der Waals surface area (Å²) in [6.45, 7) is 3.03. The van der Waals surface area contributed by atoms with Crippen molar-refractivity contribution in [2.75, 3.05) is 6.54 Å². The summed E-state index contributed by atoms with van der Waals surface area (Å²) < 4.78 is 1.76. The van der Waals surface area contributed by atoms with Gasteiger partial charge >= 0.3 is 0 Å². The molecule has 0 aliphatic rings. The fourth-order valence-electron chi connectivity index (χ4n) is 0.852. The number of rotatable bonds is 3. The molecular weight excluding hydrogens is 142 g/mol. The van der Waals surface area contributed by atoms with Crippen LogP contribution in [0.4, 0.5) is 0 Å². The summed E-state index contributed by atoms with van der Waals surface area (Å²) in [4.78, 5) is 0.